The Morgan fingerprint density at radius 3 is 2.67 bits per heavy atom. The molecule has 0 bridgehead atoms. The number of rotatable bonds is 2. The van der Waals surface area contributed by atoms with E-state index in [0.29, 0.717) is 5.92 Å². The molecule has 2 atom stereocenters. The van der Waals surface area contributed by atoms with Gasteiger partial charge in [0.15, 0.2) is 0 Å². The molecule has 0 aliphatic rings. The van der Waals surface area contributed by atoms with E-state index < -0.39 is 5.97 Å². The number of nitrogens with two attached hydrogens (primary N) is 1. The summed E-state index contributed by atoms with van der Waals surface area (Å²) in [6, 6.07) is -0.242. The highest BCUT2D eigenvalue weighted by atomic mass is 16.5. The Morgan fingerprint density at radius 2 is 2.25 bits per heavy atom. The van der Waals surface area contributed by atoms with Crippen molar-refractivity contribution < 1.29 is 9.53 Å². The second kappa shape index (κ2) is 5.62. The van der Waals surface area contributed by atoms with Crippen LogP contribution in [0.5, 0.6) is 0 Å². The number of carbonyl (C=O) groups excluding carboxylic acids is 1. The second-order valence-electron chi connectivity index (χ2n) is 2.67. The summed E-state index contributed by atoms with van der Waals surface area (Å²) >= 11 is 0. The van der Waals surface area contributed by atoms with Crippen molar-refractivity contribution in [3.63, 3.8) is 0 Å². The number of hydrogen-bond acceptors (Lipinski definition) is 3. The summed E-state index contributed by atoms with van der Waals surface area (Å²) in [5, 5.41) is 0. The lowest BCUT2D eigenvalue weighted by Crippen LogP contribution is -2.26. The van der Waals surface area contributed by atoms with Gasteiger partial charge in [-0.25, -0.2) is 4.79 Å². The van der Waals surface area contributed by atoms with Crippen LogP contribution in [0.4, 0.5) is 0 Å². The lowest BCUT2D eigenvalue weighted by atomic mass is 10.0. The van der Waals surface area contributed by atoms with Crippen LogP contribution in [0, 0.1) is 17.8 Å². The number of carbonyl (C=O) groups is 1. The van der Waals surface area contributed by atoms with Crippen LogP contribution in [-0.4, -0.2) is 19.1 Å². The first kappa shape index (κ1) is 11.0. The van der Waals surface area contributed by atoms with E-state index in [0.717, 1.165) is 6.42 Å². The van der Waals surface area contributed by atoms with Crippen LogP contribution in [0.25, 0.3) is 0 Å². The van der Waals surface area contributed by atoms with Gasteiger partial charge in [-0.3, -0.25) is 0 Å². The molecule has 12 heavy (non-hydrogen) atoms. The third-order valence-corrected chi connectivity index (χ3v) is 1.78. The topological polar surface area (TPSA) is 52.3 Å². The van der Waals surface area contributed by atoms with Gasteiger partial charge in [0.05, 0.1) is 13.2 Å². The van der Waals surface area contributed by atoms with Crippen molar-refractivity contribution in [2.75, 3.05) is 7.11 Å². The van der Waals surface area contributed by atoms with E-state index in [-0.39, 0.29) is 6.04 Å². The molecule has 0 saturated heterocycles. The smallest absolute Gasteiger partial charge is 0.384 e. The molecule has 0 spiro atoms. The zero-order valence-corrected chi connectivity index (χ0v) is 7.76. The maximum absolute atomic E-state index is 10.6. The molecule has 3 heteroatoms. The van der Waals surface area contributed by atoms with E-state index in [1.165, 1.54) is 7.11 Å². The monoisotopic (exact) mass is 169 g/mol. The summed E-state index contributed by atoms with van der Waals surface area (Å²) in [5.41, 5.74) is 5.65. The van der Waals surface area contributed by atoms with Crippen LogP contribution in [0.15, 0.2) is 0 Å². The number of esters is 1. The zero-order chi connectivity index (χ0) is 9.56. The van der Waals surface area contributed by atoms with E-state index in [2.05, 4.69) is 16.6 Å². The molecule has 68 valence electrons. The van der Waals surface area contributed by atoms with E-state index in [4.69, 9.17) is 5.73 Å². The highest BCUT2D eigenvalue weighted by molar-refractivity contribution is 5.88. The summed E-state index contributed by atoms with van der Waals surface area (Å²) in [6.45, 7) is 4.03. The van der Waals surface area contributed by atoms with Crippen LogP contribution >= 0.6 is 0 Å². The Hall–Kier alpha value is -1.01. The fourth-order valence-corrected chi connectivity index (χ4v) is 0.589. The Balaban J connectivity index is 4.02. The van der Waals surface area contributed by atoms with Crippen LogP contribution in [0.1, 0.15) is 20.3 Å². The number of methoxy groups -OCH3 is 1. The van der Waals surface area contributed by atoms with E-state index >= 15 is 0 Å². The molecule has 0 saturated carbocycles. The van der Waals surface area contributed by atoms with E-state index in [1.807, 2.05) is 13.8 Å². The predicted octanol–water partition coefficient (Wildman–Crippen LogP) is 0.536. The summed E-state index contributed by atoms with van der Waals surface area (Å²) < 4.78 is 4.35. The summed E-state index contributed by atoms with van der Waals surface area (Å²) in [7, 11) is 1.30. The van der Waals surface area contributed by atoms with Crippen molar-refractivity contribution in [2.45, 2.75) is 26.3 Å². The van der Waals surface area contributed by atoms with Gasteiger partial charge in [0.1, 0.15) is 0 Å². The minimum atomic E-state index is -0.534. The molecule has 0 rings (SSSR count). The molecule has 0 amide bonds. The Morgan fingerprint density at radius 1 is 1.67 bits per heavy atom. The molecule has 0 fully saturated rings. The first-order valence-corrected chi connectivity index (χ1v) is 3.96. The number of ether oxygens (including phenoxy) is 1. The maximum Gasteiger partial charge on any atom is 0.384 e. The average molecular weight is 169 g/mol. The molecule has 2 unspecified atom stereocenters. The van der Waals surface area contributed by atoms with Gasteiger partial charge in [-0.1, -0.05) is 26.2 Å². The Bertz CT molecular complexity index is 202. The van der Waals surface area contributed by atoms with Crippen LogP contribution in [0.3, 0.4) is 0 Å². The Kier molecular flexibility index (Phi) is 5.14. The molecule has 0 aromatic heterocycles. The minimum absolute atomic E-state index is 0.242. The van der Waals surface area contributed by atoms with Crippen molar-refractivity contribution in [2.24, 2.45) is 11.7 Å². The molecule has 0 aliphatic heterocycles. The van der Waals surface area contributed by atoms with Gasteiger partial charge in [0, 0.05) is 5.92 Å². The SMILES string of the molecule is CCC(C)C(N)C#CC(=O)OC. The Labute approximate surface area is 73.3 Å². The fraction of sp³-hybridized carbons (Fsp3) is 0.667. The van der Waals surface area contributed by atoms with Crippen molar-refractivity contribution in [3.8, 4) is 11.8 Å². The summed E-state index contributed by atoms with van der Waals surface area (Å²) in [6.07, 6.45) is 0.955. The average Bonchev–Trinajstić information content (AvgIpc) is 2.11. The van der Waals surface area contributed by atoms with Gasteiger partial charge in [-0.2, -0.15) is 0 Å². The first-order chi connectivity index (χ1) is 5.61. The lowest BCUT2D eigenvalue weighted by molar-refractivity contribution is -0.133. The van der Waals surface area contributed by atoms with E-state index in [1.54, 1.807) is 0 Å². The molecule has 0 aliphatic carbocycles. The van der Waals surface area contributed by atoms with Gasteiger partial charge in [0.25, 0.3) is 0 Å². The first-order valence-electron chi connectivity index (χ1n) is 3.96. The van der Waals surface area contributed by atoms with E-state index in [9.17, 15) is 4.79 Å². The quantitative estimate of drug-likeness (QED) is 0.373. The molecular weight excluding hydrogens is 154 g/mol. The third-order valence-electron chi connectivity index (χ3n) is 1.78. The van der Waals surface area contributed by atoms with Gasteiger partial charge in [-0.05, 0) is 5.92 Å². The molecule has 0 radical (unpaired) electrons. The molecule has 3 nitrogen and oxygen atoms in total. The van der Waals surface area contributed by atoms with Gasteiger partial charge in [0.2, 0.25) is 0 Å². The van der Waals surface area contributed by atoms with Gasteiger partial charge < -0.3 is 10.5 Å². The molecule has 2 N–H and O–H groups in total. The molecule has 0 aromatic rings. The van der Waals surface area contributed by atoms with Crippen molar-refractivity contribution in [3.05, 3.63) is 0 Å². The minimum Gasteiger partial charge on any atom is -0.459 e. The normalized spacial score (nSPS) is 14.0. The largest absolute Gasteiger partial charge is 0.459 e. The van der Waals surface area contributed by atoms with Crippen LogP contribution in [-0.2, 0) is 9.53 Å². The third kappa shape index (κ3) is 3.99. The fourth-order valence-electron chi connectivity index (χ4n) is 0.589. The summed E-state index contributed by atoms with van der Waals surface area (Å²) in [5.74, 6) is 4.72. The van der Waals surface area contributed by atoms with Crippen molar-refractivity contribution in [1.29, 1.82) is 0 Å². The lowest BCUT2D eigenvalue weighted by Gasteiger charge is -2.10. The summed E-state index contributed by atoms with van der Waals surface area (Å²) in [4.78, 5) is 10.6. The van der Waals surface area contributed by atoms with Crippen LogP contribution < -0.4 is 5.73 Å². The molecular formula is C9H15NO2. The predicted molar refractivity (Wildman–Crippen MR) is 47.2 cm³/mol. The van der Waals surface area contributed by atoms with Crippen molar-refractivity contribution >= 4 is 5.97 Å². The second-order valence-corrected chi connectivity index (χ2v) is 2.67. The zero-order valence-electron chi connectivity index (χ0n) is 7.76. The highest BCUT2D eigenvalue weighted by Crippen LogP contribution is 2.03. The van der Waals surface area contributed by atoms with Crippen LogP contribution in [0.2, 0.25) is 0 Å². The standard InChI is InChI=1S/C9H15NO2/c1-4-7(2)8(10)5-6-9(11)12-3/h7-8H,4,10H2,1-3H3. The maximum atomic E-state index is 10.6. The van der Waals surface area contributed by atoms with Gasteiger partial charge in [-0.15, -0.1) is 0 Å². The highest BCUT2D eigenvalue weighted by Gasteiger charge is 2.06. The molecule has 0 aromatic carbocycles. The van der Waals surface area contributed by atoms with Crippen molar-refractivity contribution in [1.82, 2.24) is 0 Å². The molecule has 0 heterocycles. The number of hydrogen-bond donors (Lipinski definition) is 1. The van der Waals surface area contributed by atoms with Gasteiger partial charge >= 0.3 is 5.97 Å².